The van der Waals surface area contributed by atoms with Gasteiger partial charge in [-0.05, 0) is 29.8 Å². The Hall–Kier alpha value is -4.33. The van der Waals surface area contributed by atoms with Gasteiger partial charge in [-0.25, -0.2) is 9.38 Å². The van der Waals surface area contributed by atoms with Crippen LogP contribution in [0.25, 0.3) is 11.1 Å². The molecule has 11 heteroatoms. The molecular weight excluding hydrogens is 440 g/mol. The number of halogens is 4. The van der Waals surface area contributed by atoms with Gasteiger partial charge in [-0.1, -0.05) is 6.07 Å². The highest BCUT2D eigenvalue weighted by Crippen LogP contribution is 2.43. The number of nitrogens with two attached hydrogens (primary N) is 1. The van der Waals surface area contributed by atoms with Crippen molar-refractivity contribution in [1.29, 1.82) is 5.26 Å². The molecule has 4 rings (SSSR count). The fourth-order valence-electron chi connectivity index (χ4n) is 3.59. The number of likely N-dealkylation sites (N-methyl/N-ethyl adjacent to an activating group) is 1. The second-order valence-corrected chi connectivity index (χ2v) is 7.27. The zero-order valence-corrected chi connectivity index (χ0v) is 16.9. The number of nitrogens with zero attached hydrogens (tertiary/aromatic N) is 5. The summed E-state index contributed by atoms with van der Waals surface area (Å²) in [5, 5.41) is 9.12. The van der Waals surface area contributed by atoms with Gasteiger partial charge in [0.2, 0.25) is 0 Å². The summed E-state index contributed by atoms with van der Waals surface area (Å²) in [7, 11) is 1.28. The highest BCUT2D eigenvalue weighted by Gasteiger charge is 2.52. The number of aliphatic imine (C=N–C) groups is 1. The first-order valence-electron chi connectivity index (χ1n) is 9.39. The molecule has 0 spiro atoms. The molecule has 0 radical (unpaired) electrons. The van der Waals surface area contributed by atoms with Crippen molar-refractivity contribution in [3.05, 3.63) is 83.2 Å². The zero-order valence-electron chi connectivity index (χ0n) is 16.9. The lowest BCUT2D eigenvalue weighted by atomic mass is 9.81. The lowest BCUT2D eigenvalue weighted by Gasteiger charge is -2.27. The Bertz CT molecular complexity index is 1350. The van der Waals surface area contributed by atoms with E-state index in [-0.39, 0.29) is 22.6 Å². The standard InChI is InChI=1S/C22H14F4N6O/c1-32-19(33)21(31-20(32)28,15-6-16(11-30-10-15)22(24,25)26)17-5-13(2-3-18(17)23)14-4-12(7-27)8-29-9-14/h2-6,8-11H,1H3,(H2,28,31). The highest BCUT2D eigenvalue weighted by molar-refractivity contribution is 6.09. The lowest BCUT2D eigenvalue weighted by Crippen LogP contribution is -2.41. The van der Waals surface area contributed by atoms with E-state index in [4.69, 9.17) is 11.0 Å². The van der Waals surface area contributed by atoms with Crippen LogP contribution in [0.15, 0.2) is 60.1 Å². The molecule has 0 saturated carbocycles. The average Bonchev–Trinajstić information content (AvgIpc) is 3.03. The highest BCUT2D eigenvalue weighted by atomic mass is 19.4. The van der Waals surface area contributed by atoms with Crippen LogP contribution in [0.5, 0.6) is 0 Å². The van der Waals surface area contributed by atoms with Crippen molar-refractivity contribution in [3.8, 4) is 17.2 Å². The molecule has 1 unspecified atom stereocenters. The molecule has 3 heterocycles. The van der Waals surface area contributed by atoms with Crippen LogP contribution in [0.3, 0.4) is 0 Å². The van der Waals surface area contributed by atoms with Crippen LogP contribution in [0.4, 0.5) is 17.6 Å². The van der Waals surface area contributed by atoms with E-state index in [9.17, 15) is 18.0 Å². The lowest BCUT2D eigenvalue weighted by molar-refractivity contribution is -0.138. The second kappa shape index (κ2) is 7.67. The normalized spacial score (nSPS) is 18.2. The third-order valence-corrected chi connectivity index (χ3v) is 5.28. The molecule has 33 heavy (non-hydrogen) atoms. The van der Waals surface area contributed by atoms with E-state index < -0.39 is 29.0 Å². The number of guanidine groups is 1. The predicted octanol–water partition coefficient (Wildman–Crippen LogP) is 3.20. The summed E-state index contributed by atoms with van der Waals surface area (Å²) in [6.07, 6.45) is -0.371. The van der Waals surface area contributed by atoms with Gasteiger partial charge < -0.3 is 5.73 Å². The fourth-order valence-corrected chi connectivity index (χ4v) is 3.59. The van der Waals surface area contributed by atoms with E-state index in [0.29, 0.717) is 23.4 Å². The summed E-state index contributed by atoms with van der Waals surface area (Å²) in [6.45, 7) is 0. The number of rotatable bonds is 3. The molecular formula is C22H14F4N6O. The fraction of sp³-hybridized carbons (Fsp3) is 0.136. The van der Waals surface area contributed by atoms with Crippen molar-refractivity contribution in [1.82, 2.24) is 14.9 Å². The predicted molar refractivity (Wildman–Crippen MR) is 109 cm³/mol. The minimum Gasteiger partial charge on any atom is -0.369 e. The largest absolute Gasteiger partial charge is 0.417 e. The van der Waals surface area contributed by atoms with Gasteiger partial charge >= 0.3 is 6.18 Å². The minimum atomic E-state index is -4.75. The van der Waals surface area contributed by atoms with Gasteiger partial charge in [0, 0.05) is 48.5 Å². The zero-order chi connectivity index (χ0) is 24.0. The Kier molecular flexibility index (Phi) is 5.08. The van der Waals surface area contributed by atoms with Gasteiger partial charge in [-0.15, -0.1) is 0 Å². The monoisotopic (exact) mass is 454 g/mol. The molecule has 1 aliphatic heterocycles. The minimum absolute atomic E-state index is 0.245. The van der Waals surface area contributed by atoms with Crippen LogP contribution in [-0.4, -0.2) is 33.8 Å². The summed E-state index contributed by atoms with van der Waals surface area (Å²) in [4.78, 5) is 25.9. The molecule has 2 aromatic heterocycles. The van der Waals surface area contributed by atoms with Crippen molar-refractivity contribution in [2.24, 2.45) is 10.7 Å². The van der Waals surface area contributed by atoms with E-state index in [1.165, 1.54) is 37.6 Å². The summed E-state index contributed by atoms with van der Waals surface area (Å²) in [5.74, 6) is -2.03. The number of pyridine rings is 2. The summed E-state index contributed by atoms with van der Waals surface area (Å²) in [6, 6.07) is 7.87. The molecule has 0 saturated heterocycles. The van der Waals surface area contributed by atoms with Gasteiger partial charge in [0.25, 0.3) is 5.91 Å². The van der Waals surface area contributed by atoms with Crippen molar-refractivity contribution in [3.63, 3.8) is 0 Å². The average molecular weight is 454 g/mol. The Balaban J connectivity index is 2.00. The maximum absolute atomic E-state index is 15.2. The van der Waals surface area contributed by atoms with E-state index >= 15 is 4.39 Å². The number of nitriles is 1. The third kappa shape index (κ3) is 3.55. The molecule has 1 aromatic carbocycles. The third-order valence-electron chi connectivity index (χ3n) is 5.28. The van der Waals surface area contributed by atoms with Crippen LogP contribution in [0, 0.1) is 17.1 Å². The molecule has 2 N–H and O–H groups in total. The van der Waals surface area contributed by atoms with Gasteiger partial charge in [0.05, 0.1) is 11.1 Å². The summed E-state index contributed by atoms with van der Waals surface area (Å²) in [5.41, 5.74) is 2.90. The first-order chi connectivity index (χ1) is 15.6. The molecule has 0 fully saturated rings. The summed E-state index contributed by atoms with van der Waals surface area (Å²) >= 11 is 0. The maximum Gasteiger partial charge on any atom is 0.417 e. The van der Waals surface area contributed by atoms with Crippen molar-refractivity contribution < 1.29 is 22.4 Å². The van der Waals surface area contributed by atoms with Gasteiger partial charge in [0.1, 0.15) is 11.9 Å². The Morgan fingerprint density at radius 1 is 1.06 bits per heavy atom. The first-order valence-corrected chi connectivity index (χ1v) is 9.39. The number of carbonyl (C=O) groups is 1. The number of benzene rings is 1. The number of alkyl halides is 3. The number of amides is 1. The van der Waals surface area contributed by atoms with E-state index in [1.54, 1.807) is 0 Å². The smallest absolute Gasteiger partial charge is 0.369 e. The van der Waals surface area contributed by atoms with Crippen molar-refractivity contribution >= 4 is 11.9 Å². The Morgan fingerprint density at radius 3 is 2.42 bits per heavy atom. The molecule has 0 aliphatic carbocycles. The molecule has 3 aromatic rings. The first kappa shape index (κ1) is 21.9. The number of aromatic nitrogens is 2. The van der Waals surface area contributed by atoms with Crippen LogP contribution in [-0.2, 0) is 16.5 Å². The molecule has 166 valence electrons. The van der Waals surface area contributed by atoms with Crippen molar-refractivity contribution in [2.45, 2.75) is 11.7 Å². The molecule has 0 bridgehead atoms. The van der Waals surface area contributed by atoms with Crippen LogP contribution in [0.2, 0.25) is 0 Å². The number of hydrogen-bond donors (Lipinski definition) is 1. The van der Waals surface area contributed by atoms with Crippen molar-refractivity contribution in [2.75, 3.05) is 7.05 Å². The SMILES string of the molecule is CN1C(=O)C(c2cncc(C(F)(F)F)c2)(c2cc(-c3cncc(C#N)c3)ccc2F)N=C1N. The molecule has 1 aliphatic rings. The van der Waals surface area contributed by atoms with Crippen LogP contribution < -0.4 is 5.73 Å². The number of hydrogen-bond acceptors (Lipinski definition) is 6. The molecule has 1 atom stereocenters. The molecule has 1 amide bonds. The van der Waals surface area contributed by atoms with E-state index in [2.05, 4.69) is 15.0 Å². The van der Waals surface area contributed by atoms with Gasteiger partial charge in [-0.2, -0.15) is 18.4 Å². The molecule has 7 nitrogen and oxygen atoms in total. The van der Waals surface area contributed by atoms with Gasteiger partial charge in [-0.3, -0.25) is 19.7 Å². The van der Waals surface area contributed by atoms with E-state index in [0.717, 1.165) is 17.2 Å². The summed E-state index contributed by atoms with van der Waals surface area (Å²) < 4.78 is 55.3. The van der Waals surface area contributed by atoms with Crippen LogP contribution in [0.1, 0.15) is 22.3 Å². The number of carbonyl (C=O) groups excluding carboxylic acids is 1. The quantitative estimate of drug-likeness (QED) is 0.612. The van der Waals surface area contributed by atoms with Gasteiger partial charge in [0.15, 0.2) is 11.5 Å². The van der Waals surface area contributed by atoms with Crippen LogP contribution >= 0.6 is 0 Å². The Morgan fingerprint density at radius 2 is 1.79 bits per heavy atom. The second-order valence-electron chi connectivity index (χ2n) is 7.27. The topological polar surface area (TPSA) is 108 Å². The van der Waals surface area contributed by atoms with E-state index in [1.807, 2.05) is 6.07 Å². The maximum atomic E-state index is 15.2. The Labute approximate surface area is 184 Å².